The first-order valence-electron chi connectivity index (χ1n) is 7.40. The zero-order valence-electron chi connectivity index (χ0n) is 12.2. The van der Waals surface area contributed by atoms with E-state index in [1.54, 1.807) is 0 Å². The van der Waals surface area contributed by atoms with Gasteiger partial charge in [0.05, 0.1) is 6.10 Å². The molecule has 0 spiro atoms. The number of piperidine rings is 1. The van der Waals surface area contributed by atoms with E-state index in [0.717, 1.165) is 19.4 Å². The summed E-state index contributed by atoms with van der Waals surface area (Å²) in [6.07, 6.45) is 2.38. The van der Waals surface area contributed by atoms with Gasteiger partial charge in [-0.3, -0.25) is 0 Å². The van der Waals surface area contributed by atoms with Crippen molar-refractivity contribution in [2.24, 2.45) is 5.92 Å². The molecule has 4 atom stereocenters. The maximum absolute atomic E-state index is 12.1. The summed E-state index contributed by atoms with van der Waals surface area (Å²) >= 11 is 0. The highest BCUT2D eigenvalue weighted by Gasteiger charge is 2.32. The van der Waals surface area contributed by atoms with Crippen LogP contribution in [0.5, 0.6) is 0 Å². The van der Waals surface area contributed by atoms with Crippen LogP contribution in [0.2, 0.25) is 0 Å². The molecule has 0 bridgehead atoms. The van der Waals surface area contributed by atoms with Gasteiger partial charge >= 0.3 is 12.0 Å². The zero-order chi connectivity index (χ0) is 14.7. The molecule has 2 aliphatic rings. The number of amides is 2. The number of nitrogens with one attached hydrogen (secondary N) is 1. The molecule has 0 aliphatic carbocycles. The third kappa shape index (κ3) is 3.62. The lowest BCUT2D eigenvalue weighted by atomic mass is 9.94. The normalized spacial score (nSPS) is 34.0. The Hall–Kier alpha value is -1.30. The second-order valence-electron chi connectivity index (χ2n) is 6.02. The van der Waals surface area contributed by atoms with E-state index in [1.807, 2.05) is 4.90 Å². The third-order valence-electron chi connectivity index (χ3n) is 4.26. The Morgan fingerprint density at radius 2 is 2.05 bits per heavy atom. The quantitative estimate of drug-likeness (QED) is 0.822. The number of hydrogen-bond acceptors (Lipinski definition) is 3. The summed E-state index contributed by atoms with van der Waals surface area (Å²) < 4.78 is 5.37. The third-order valence-corrected chi connectivity index (χ3v) is 4.26. The number of likely N-dealkylation sites (tertiary alicyclic amines) is 1. The van der Waals surface area contributed by atoms with Crippen LogP contribution in [0.25, 0.3) is 0 Å². The van der Waals surface area contributed by atoms with Crippen molar-refractivity contribution in [2.75, 3.05) is 13.1 Å². The second-order valence-corrected chi connectivity index (χ2v) is 6.02. The van der Waals surface area contributed by atoms with Crippen molar-refractivity contribution in [3.05, 3.63) is 0 Å². The summed E-state index contributed by atoms with van der Waals surface area (Å²) in [5, 5.41) is 11.7. The fraction of sp³-hybridized carbons (Fsp3) is 0.857. The van der Waals surface area contributed by atoms with Crippen LogP contribution in [0.15, 0.2) is 0 Å². The van der Waals surface area contributed by atoms with Crippen molar-refractivity contribution in [3.8, 4) is 0 Å². The highest BCUT2D eigenvalue weighted by atomic mass is 16.5. The van der Waals surface area contributed by atoms with E-state index in [4.69, 9.17) is 9.84 Å². The van der Waals surface area contributed by atoms with E-state index < -0.39 is 12.1 Å². The lowest BCUT2D eigenvalue weighted by Crippen LogP contribution is -2.50. The lowest BCUT2D eigenvalue weighted by Gasteiger charge is -2.36. The first-order valence-corrected chi connectivity index (χ1v) is 7.40. The van der Waals surface area contributed by atoms with Crippen molar-refractivity contribution < 1.29 is 19.4 Å². The van der Waals surface area contributed by atoms with Gasteiger partial charge in [-0.2, -0.15) is 0 Å². The molecule has 0 aromatic carbocycles. The Labute approximate surface area is 119 Å². The molecule has 2 rings (SSSR count). The van der Waals surface area contributed by atoms with Crippen LogP contribution in [0.1, 0.15) is 39.5 Å². The van der Waals surface area contributed by atoms with Gasteiger partial charge in [0.25, 0.3) is 0 Å². The maximum atomic E-state index is 12.1. The molecule has 114 valence electrons. The average Bonchev–Trinajstić information content (AvgIpc) is 2.85. The predicted octanol–water partition coefficient (Wildman–Crippen LogP) is 1.45. The van der Waals surface area contributed by atoms with Crippen molar-refractivity contribution in [1.29, 1.82) is 0 Å². The summed E-state index contributed by atoms with van der Waals surface area (Å²) in [6, 6.07) is 0.196. The Morgan fingerprint density at radius 3 is 2.65 bits per heavy atom. The van der Waals surface area contributed by atoms with Crippen LogP contribution in [0.3, 0.4) is 0 Å². The number of nitrogens with zero attached hydrogens (tertiary/aromatic N) is 1. The molecule has 0 radical (unpaired) electrons. The Kier molecular flexibility index (Phi) is 4.86. The molecule has 0 saturated carbocycles. The van der Waals surface area contributed by atoms with Crippen molar-refractivity contribution in [2.45, 2.75) is 57.8 Å². The molecule has 4 unspecified atom stereocenters. The number of urea groups is 1. The van der Waals surface area contributed by atoms with Gasteiger partial charge in [0.15, 0.2) is 6.10 Å². The molecular formula is C14H24N2O4. The molecule has 6 nitrogen and oxygen atoms in total. The largest absolute Gasteiger partial charge is 0.479 e. The van der Waals surface area contributed by atoms with Crippen LogP contribution >= 0.6 is 0 Å². The molecule has 0 aromatic heterocycles. The average molecular weight is 284 g/mol. The number of hydrogen-bond donors (Lipinski definition) is 2. The molecule has 2 saturated heterocycles. The monoisotopic (exact) mass is 284 g/mol. The molecule has 2 heterocycles. The van der Waals surface area contributed by atoms with Crippen molar-refractivity contribution in [1.82, 2.24) is 10.2 Å². The highest BCUT2D eigenvalue weighted by Crippen LogP contribution is 2.22. The van der Waals surface area contributed by atoms with E-state index in [-0.39, 0.29) is 18.2 Å². The summed E-state index contributed by atoms with van der Waals surface area (Å²) in [7, 11) is 0. The molecular weight excluding hydrogens is 260 g/mol. The maximum Gasteiger partial charge on any atom is 0.332 e. The summed E-state index contributed by atoms with van der Waals surface area (Å²) in [5.74, 6) is -0.249. The van der Waals surface area contributed by atoms with E-state index in [9.17, 15) is 9.59 Å². The molecule has 0 aromatic rings. The van der Waals surface area contributed by atoms with Gasteiger partial charge in [-0.05, 0) is 38.5 Å². The van der Waals surface area contributed by atoms with E-state index in [1.165, 1.54) is 0 Å². The number of carbonyl (C=O) groups excluding carboxylic acids is 1. The number of rotatable bonds is 3. The number of carboxylic acid groups (broad SMARTS) is 1. The van der Waals surface area contributed by atoms with Gasteiger partial charge < -0.3 is 20.1 Å². The molecule has 2 aliphatic heterocycles. The van der Waals surface area contributed by atoms with Crippen LogP contribution < -0.4 is 5.32 Å². The van der Waals surface area contributed by atoms with E-state index >= 15 is 0 Å². The Morgan fingerprint density at radius 1 is 1.30 bits per heavy atom. The minimum Gasteiger partial charge on any atom is -0.479 e. The molecule has 2 fully saturated rings. The van der Waals surface area contributed by atoms with Gasteiger partial charge in [0.1, 0.15) is 0 Å². The van der Waals surface area contributed by atoms with Gasteiger partial charge in [0.2, 0.25) is 0 Å². The standard InChI is InChI=1S/C14H24N2O4/c1-9-5-6-16(10(2)7-9)14(19)15-8-11-3-4-12(20-11)13(17)18/h9-12H,3-8H2,1-2H3,(H,15,19)(H,17,18). The first-order chi connectivity index (χ1) is 9.47. The van der Waals surface area contributed by atoms with Gasteiger partial charge in [-0.25, -0.2) is 9.59 Å². The second kappa shape index (κ2) is 6.43. The molecule has 2 amide bonds. The van der Waals surface area contributed by atoms with Crippen LogP contribution in [0, 0.1) is 5.92 Å². The number of aliphatic carboxylic acids is 1. The fourth-order valence-corrected chi connectivity index (χ4v) is 3.05. The zero-order valence-corrected chi connectivity index (χ0v) is 12.2. The van der Waals surface area contributed by atoms with Gasteiger partial charge in [0, 0.05) is 19.1 Å². The summed E-state index contributed by atoms with van der Waals surface area (Å²) in [6.45, 7) is 5.46. The number of carbonyl (C=O) groups is 2. The minimum absolute atomic E-state index is 0.0632. The van der Waals surface area contributed by atoms with E-state index in [2.05, 4.69) is 19.2 Å². The van der Waals surface area contributed by atoms with Crippen molar-refractivity contribution in [3.63, 3.8) is 0 Å². The SMILES string of the molecule is CC1CCN(C(=O)NCC2CCC(C(=O)O)O2)C(C)C1. The smallest absolute Gasteiger partial charge is 0.332 e. The minimum atomic E-state index is -0.919. The molecule has 20 heavy (non-hydrogen) atoms. The van der Waals surface area contributed by atoms with Crippen LogP contribution in [0.4, 0.5) is 4.79 Å². The Bertz CT molecular complexity index is 374. The van der Waals surface area contributed by atoms with E-state index in [0.29, 0.717) is 25.3 Å². The predicted molar refractivity (Wildman–Crippen MR) is 73.5 cm³/mol. The summed E-state index contributed by atoms with van der Waals surface area (Å²) in [4.78, 5) is 24.8. The lowest BCUT2D eigenvalue weighted by molar-refractivity contribution is -0.149. The molecule has 6 heteroatoms. The van der Waals surface area contributed by atoms with Gasteiger partial charge in [-0.1, -0.05) is 6.92 Å². The Balaban J connectivity index is 1.74. The van der Waals surface area contributed by atoms with Gasteiger partial charge in [-0.15, -0.1) is 0 Å². The highest BCUT2D eigenvalue weighted by molar-refractivity contribution is 5.75. The summed E-state index contributed by atoms with van der Waals surface area (Å²) in [5.41, 5.74) is 0. The number of ether oxygens (including phenoxy) is 1. The first kappa shape index (κ1) is 15.1. The van der Waals surface area contributed by atoms with Crippen LogP contribution in [-0.4, -0.2) is 53.3 Å². The fourth-order valence-electron chi connectivity index (χ4n) is 3.05. The van der Waals surface area contributed by atoms with Crippen LogP contribution in [-0.2, 0) is 9.53 Å². The topological polar surface area (TPSA) is 78.9 Å². The van der Waals surface area contributed by atoms with Crippen molar-refractivity contribution >= 4 is 12.0 Å². The number of carboxylic acids is 1. The molecule has 2 N–H and O–H groups in total.